The molecular formula is C9H13BrN2O. The summed E-state index contributed by atoms with van der Waals surface area (Å²) in [5.74, 6) is 0.0995. The van der Waals surface area contributed by atoms with Crippen molar-refractivity contribution >= 4 is 21.7 Å². The molecule has 0 aliphatic heterocycles. The summed E-state index contributed by atoms with van der Waals surface area (Å²) in [6.07, 6.45) is 1.83. The standard InChI is InChI=1S/C9H13BrN2O/c1-6-8(10)5-12(11-6)9(3,4)7(2)13/h5H,1-4H3. The van der Waals surface area contributed by atoms with Gasteiger partial charge in [-0.2, -0.15) is 5.10 Å². The Bertz CT molecular complexity index is 322. The summed E-state index contributed by atoms with van der Waals surface area (Å²) in [5, 5.41) is 4.25. The van der Waals surface area contributed by atoms with Crippen LogP contribution >= 0.6 is 15.9 Å². The SMILES string of the molecule is CC(=O)C(C)(C)n1cc(Br)c(C)n1. The van der Waals surface area contributed by atoms with Gasteiger partial charge in [0.15, 0.2) is 5.78 Å². The molecule has 0 aromatic carbocycles. The van der Waals surface area contributed by atoms with E-state index in [1.165, 1.54) is 0 Å². The Morgan fingerprint density at radius 2 is 2.15 bits per heavy atom. The maximum Gasteiger partial charge on any atom is 0.156 e. The van der Waals surface area contributed by atoms with Crippen molar-refractivity contribution in [3.05, 3.63) is 16.4 Å². The Balaban J connectivity index is 3.15. The molecule has 72 valence electrons. The Morgan fingerprint density at radius 3 is 2.46 bits per heavy atom. The molecule has 0 fully saturated rings. The number of nitrogens with zero attached hydrogens (tertiary/aromatic N) is 2. The van der Waals surface area contributed by atoms with Crippen molar-refractivity contribution in [1.29, 1.82) is 0 Å². The van der Waals surface area contributed by atoms with Crippen LogP contribution < -0.4 is 0 Å². The van der Waals surface area contributed by atoms with Crippen molar-refractivity contribution in [1.82, 2.24) is 9.78 Å². The smallest absolute Gasteiger partial charge is 0.156 e. The van der Waals surface area contributed by atoms with E-state index < -0.39 is 5.54 Å². The first kappa shape index (κ1) is 10.4. The van der Waals surface area contributed by atoms with E-state index in [2.05, 4.69) is 21.0 Å². The van der Waals surface area contributed by atoms with Gasteiger partial charge in [0, 0.05) is 6.20 Å². The third-order valence-corrected chi connectivity index (χ3v) is 3.05. The van der Waals surface area contributed by atoms with Gasteiger partial charge in [0.05, 0.1) is 10.2 Å². The van der Waals surface area contributed by atoms with Crippen LogP contribution in [0, 0.1) is 6.92 Å². The van der Waals surface area contributed by atoms with Crippen molar-refractivity contribution in [2.75, 3.05) is 0 Å². The normalized spacial score (nSPS) is 11.8. The fraction of sp³-hybridized carbons (Fsp3) is 0.556. The van der Waals surface area contributed by atoms with Gasteiger partial charge < -0.3 is 0 Å². The average Bonchev–Trinajstić information content (AvgIpc) is 2.32. The highest BCUT2D eigenvalue weighted by atomic mass is 79.9. The molecule has 1 rings (SSSR count). The summed E-state index contributed by atoms with van der Waals surface area (Å²) in [7, 11) is 0. The lowest BCUT2D eigenvalue weighted by Gasteiger charge is -2.21. The van der Waals surface area contributed by atoms with Gasteiger partial charge in [-0.3, -0.25) is 9.48 Å². The molecule has 0 spiro atoms. The number of carbonyl (C=O) groups is 1. The summed E-state index contributed by atoms with van der Waals surface area (Å²) in [6, 6.07) is 0. The molecule has 0 saturated heterocycles. The van der Waals surface area contributed by atoms with Gasteiger partial charge in [-0.25, -0.2) is 0 Å². The average molecular weight is 245 g/mol. The van der Waals surface area contributed by atoms with Crippen LogP contribution in [0.4, 0.5) is 0 Å². The lowest BCUT2D eigenvalue weighted by molar-refractivity contribution is -0.124. The molecule has 0 atom stereocenters. The van der Waals surface area contributed by atoms with Gasteiger partial charge in [-0.05, 0) is 43.6 Å². The van der Waals surface area contributed by atoms with E-state index in [0.717, 1.165) is 10.2 Å². The van der Waals surface area contributed by atoms with Gasteiger partial charge >= 0.3 is 0 Å². The third-order valence-electron chi connectivity index (χ3n) is 2.27. The fourth-order valence-electron chi connectivity index (χ4n) is 0.887. The van der Waals surface area contributed by atoms with E-state index in [9.17, 15) is 4.79 Å². The van der Waals surface area contributed by atoms with Crippen LogP contribution in [0.25, 0.3) is 0 Å². The van der Waals surface area contributed by atoms with Crippen molar-refractivity contribution < 1.29 is 4.79 Å². The van der Waals surface area contributed by atoms with Gasteiger partial charge in [0.2, 0.25) is 0 Å². The molecule has 0 radical (unpaired) electrons. The summed E-state index contributed by atoms with van der Waals surface area (Å²) >= 11 is 3.36. The van der Waals surface area contributed by atoms with Crippen LogP contribution in [0.2, 0.25) is 0 Å². The number of ketones is 1. The summed E-state index contributed by atoms with van der Waals surface area (Å²) < 4.78 is 2.62. The number of hydrogen-bond donors (Lipinski definition) is 0. The lowest BCUT2D eigenvalue weighted by Crippen LogP contribution is -2.34. The maximum atomic E-state index is 11.3. The molecule has 0 unspecified atom stereocenters. The Labute approximate surface area is 86.3 Å². The first-order chi connectivity index (χ1) is 5.85. The molecule has 1 heterocycles. The van der Waals surface area contributed by atoms with E-state index in [-0.39, 0.29) is 5.78 Å². The number of halogens is 1. The minimum Gasteiger partial charge on any atom is -0.297 e. The molecule has 0 N–H and O–H groups in total. The second kappa shape index (κ2) is 3.25. The molecule has 0 bridgehead atoms. The van der Waals surface area contributed by atoms with Gasteiger partial charge in [0.1, 0.15) is 5.54 Å². The molecule has 0 amide bonds. The van der Waals surface area contributed by atoms with Crippen molar-refractivity contribution in [2.45, 2.75) is 33.2 Å². The minimum absolute atomic E-state index is 0.0995. The minimum atomic E-state index is -0.559. The maximum absolute atomic E-state index is 11.3. The Hall–Kier alpha value is -0.640. The highest BCUT2D eigenvalue weighted by Crippen LogP contribution is 2.21. The second-order valence-electron chi connectivity index (χ2n) is 3.62. The third kappa shape index (κ3) is 1.82. The summed E-state index contributed by atoms with van der Waals surface area (Å²) in [5.41, 5.74) is 0.339. The summed E-state index contributed by atoms with van der Waals surface area (Å²) in [4.78, 5) is 11.3. The molecule has 0 saturated carbocycles. The number of aryl methyl sites for hydroxylation is 1. The Kier molecular flexibility index (Phi) is 2.61. The molecular weight excluding hydrogens is 232 g/mol. The number of carbonyl (C=O) groups excluding carboxylic acids is 1. The van der Waals surface area contributed by atoms with Crippen LogP contribution in [0.5, 0.6) is 0 Å². The molecule has 13 heavy (non-hydrogen) atoms. The Morgan fingerprint density at radius 1 is 1.62 bits per heavy atom. The predicted octanol–water partition coefficient (Wildman–Crippen LogP) is 2.28. The molecule has 0 aliphatic rings. The van der Waals surface area contributed by atoms with Crippen LogP contribution in [0.15, 0.2) is 10.7 Å². The molecule has 1 aromatic rings. The van der Waals surface area contributed by atoms with E-state index >= 15 is 0 Å². The zero-order valence-corrected chi connectivity index (χ0v) is 9.84. The van der Waals surface area contributed by atoms with Crippen LogP contribution in [-0.2, 0) is 10.3 Å². The number of rotatable bonds is 2. The van der Waals surface area contributed by atoms with Crippen LogP contribution in [0.1, 0.15) is 26.5 Å². The summed E-state index contributed by atoms with van der Waals surface area (Å²) in [6.45, 7) is 7.18. The molecule has 0 aliphatic carbocycles. The number of Topliss-reactive ketones (excluding diaryl/α,β-unsaturated/α-hetero) is 1. The van der Waals surface area contributed by atoms with E-state index in [1.807, 2.05) is 27.0 Å². The highest BCUT2D eigenvalue weighted by Gasteiger charge is 2.27. The lowest BCUT2D eigenvalue weighted by atomic mass is 10.0. The highest BCUT2D eigenvalue weighted by molar-refractivity contribution is 9.10. The van der Waals surface area contributed by atoms with Gasteiger partial charge in [0.25, 0.3) is 0 Å². The monoisotopic (exact) mass is 244 g/mol. The van der Waals surface area contributed by atoms with Crippen LogP contribution in [-0.4, -0.2) is 15.6 Å². The largest absolute Gasteiger partial charge is 0.297 e. The fourth-order valence-corrected chi connectivity index (χ4v) is 1.16. The van der Waals surface area contributed by atoms with E-state index in [4.69, 9.17) is 0 Å². The van der Waals surface area contributed by atoms with Crippen molar-refractivity contribution in [2.24, 2.45) is 0 Å². The zero-order chi connectivity index (χ0) is 10.2. The van der Waals surface area contributed by atoms with Crippen LogP contribution in [0.3, 0.4) is 0 Å². The zero-order valence-electron chi connectivity index (χ0n) is 8.26. The van der Waals surface area contributed by atoms with Gasteiger partial charge in [-0.15, -0.1) is 0 Å². The number of hydrogen-bond acceptors (Lipinski definition) is 2. The predicted molar refractivity (Wildman–Crippen MR) is 54.7 cm³/mol. The van der Waals surface area contributed by atoms with E-state index in [1.54, 1.807) is 11.6 Å². The van der Waals surface area contributed by atoms with Crippen molar-refractivity contribution in [3.8, 4) is 0 Å². The molecule has 4 heteroatoms. The van der Waals surface area contributed by atoms with E-state index in [0.29, 0.717) is 0 Å². The topological polar surface area (TPSA) is 34.9 Å². The molecule has 3 nitrogen and oxygen atoms in total. The first-order valence-electron chi connectivity index (χ1n) is 4.09. The van der Waals surface area contributed by atoms with Gasteiger partial charge in [-0.1, -0.05) is 0 Å². The number of aromatic nitrogens is 2. The molecule has 1 aromatic heterocycles. The van der Waals surface area contributed by atoms with Crippen molar-refractivity contribution in [3.63, 3.8) is 0 Å². The first-order valence-corrected chi connectivity index (χ1v) is 4.88. The quantitative estimate of drug-likeness (QED) is 0.801. The second-order valence-corrected chi connectivity index (χ2v) is 4.48.